The minimum Gasteiger partial charge on any atom is -0.339 e. The SMILES string of the molecule is CCCNC(CC)Cc1nc(-c2ccsc2)no1. The highest BCUT2D eigenvalue weighted by molar-refractivity contribution is 7.08. The number of nitrogens with zero attached hydrogens (tertiary/aromatic N) is 2. The molecule has 0 radical (unpaired) electrons. The van der Waals surface area contributed by atoms with Gasteiger partial charge < -0.3 is 9.84 Å². The molecule has 0 amide bonds. The largest absolute Gasteiger partial charge is 0.339 e. The molecule has 5 heteroatoms. The molecule has 2 aromatic heterocycles. The van der Waals surface area contributed by atoms with Crippen LogP contribution in [0.15, 0.2) is 21.3 Å². The molecule has 0 aromatic carbocycles. The summed E-state index contributed by atoms with van der Waals surface area (Å²) in [7, 11) is 0. The molecule has 0 fully saturated rings. The standard InChI is InChI=1S/C13H19N3OS/c1-3-6-14-11(4-2)8-12-15-13(16-17-12)10-5-7-18-9-10/h5,7,9,11,14H,3-4,6,8H2,1-2H3. The summed E-state index contributed by atoms with van der Waals surface area (Å²) in [6.07, 6.45) is 3.00. The molecule has 1 N–H and O–H groups in total. The fourth-order valence-electron chi connectivity index (χ4n) is 1.77. The molecule has 18 heavy (non-hydrogen) atoms. The molecule has 0 saturated carbocycles. The molecular formula is C13H19N3OS. The summed E-state index contributed by atoms with van der Waals surface area (Å²) in [6, 6.07) is 2.42. The quantitative estimate of drug-likeness (QED) is 0.835. The van der Waals surface area contributed by atoms with E-state index in [2.05, 4.69) is 29.3 Å². The molecule has 1 unspecified atom stereocenters. The van der Waals surface area contributed by atoms with Gasteiger partial charge in [0.15, 0.2) is 0 Å². The van der Waals surface area contributed by atoms with E-state index in [9.17, 15) is 0 Å². The first-order valence-electron chi connectivity index (χ1n) is 6.42. The Morgan fingerprint density at radius 3 is 3.00 bits per heavy atom. The predicted molar refractivity (Wildman–Crippen MR) is 73.7 cm³/mol. The Kier molecular flexibility index (Phi) is 4.90. The molecule has 1 atom stereocenters. The second kappa shape index (κ2) is 6.66. The lowest BCUT2D eigenvalue weighted by atomic mass is 10.1. The third-order valence-electron chi connectivity index (χ3n) is 2.84. The lowest BCUT2D eigenvalue weighted by Crippen LogP contribution is -2.31. The van der Waals surface area contributed by atoms with Crippen LogP contribution in [0, 0.1) is 0 Å². The van der Waals surface area contributed by atoms with Gasteiger partial charge in [0, 0.05) is 23.4 Å². The van der Waals surface area contributed by atoms with Crippen molar-refractivity contribution < 1.29 is 4.52 Å². The molecule has 0 aliphatic heterocycles. The average molecular weight is 265 g/mol. The third-order valence-corrected chi connectivity index (χ3v) is 3.53. The Balaban J connectivity index is 1.97. The van der Waals surface area contributed by atoms with Gasteiger partial charge in [0.25, 0.3) is 0 Å². The maximum absolute atomic E-state index is 5.30. The summed E-state index contributed by atoms with van der Waals surface area (Å²) in [6.45, 7) is 5.37. The number of thiophene rings is 1. The van der Waals surface area contributed by atoms with Crippen molar-refractivity contribution in [2.24, 2.45) is 0 Å². The van der Waals surface area contributed by atoms with Crippen molar-refractivity contribution in [1.29, 1.82) is 0 Å². The normalized spacial score (nSPS) is 12.8. The smallest absolute Gasteiger partial charge is 0.228 e. The van der Waals surface area contributed by atoms with Crippen LogP contribution in [0.5, 0.6) is 0 Å². The molecule has 0 aliphatic rings. The van der Waals surface area contributed by atoms with Crippen LogP contribution in [0.1, 0.15) is 32.6 Å². The van der Waals surface area contributed by atoms with Gasteiger partial charge in [-0.05, 0) is 30.8 Å². The summed E-state index contributed by atoms with van der Waals surface area (Å²) >= 11 is 1.64. The number of hydrogen-bond acceptors (Lipinski definition) is 5. The first-order valence-corrected chi connectivity index (χ1v) is 7.36. The van der Waals surface area contributed by atoms with Gasteiger partial charge in [-0.2, -0.15) is 16.3 Å². The van der Waals surface area contributed by atoms with Crippen molar-refractivity contribution in [3.8, 4) is 11.4 Å². The Morgan fingerprint density at radius 2 is 2.33 bits per heavy atom. The second-order valence-electron chi connectivity index (χ2n) is 4.29. The highest BCUT2D eigenvalue weighted by atomic mass is 32.1. The second-order valence-corrected chi connectivity index (χ2v) is 5.07. The summed E-state index contributed by atoms with van der Waals surface area (Å²) < 4.78 is 5.30. The predicted octanol–water partition coefficient (Wildman–Crippen LogP) is 3.12. The van der Waals surface area contributed by atoms with Crippen molar-refractivity contribution in [1.82, 2.24) is 15.5 Å². The Morgan fingerprint density at radius 1 is 1.44 bits per heavy atom. The molecule has 2 aromatic rings. The molecule has 0 saturated heterocycles. The number of aromatic nitrogens is 2. The summed E-state index contributed by atoms with van der Waals surface area (Å²) in [4.78, 5) is 4.44. The van der Waals surface area contributed by atoms with Crippen LogP contribution in [0.3, 0.4) is 0 Å². The molecule has 98 valence electrons. The zero-order valence-electron chi connectivity index (χ0n) is 10.8. The van der Waals surface area contributed by atoms with E-state index in [1.54, 1.807) is 11.3 Å². The van der Waals surface area contributed by atoms with E-state index < -0.39 is 0 Å². The van der Waals surface area contributed by atoms with Crippen molar-refractivity contribution >= 4 is 11.3 Å². The van der Waals surface area contributed by atoms with Crippen LogP contribution in [-0.4, -0.2) is 22.7 Å². The van der Waals surface area contributed by atoms with Crippen LogP contribution < -0.4 is 5.32 Å². The average Bonchev–Trinajstić information content (AvgIpc) is 3.04. The van der Waals surface area contributed by atoms with Crippen LogP contribution in [0.2, 0.25) is 0 Å². The van der Waals surface area contributed by atoms with E-state index >= 15 is 0 Å². The van der Waals surface area contributed by atoms with E-state index in [1.165, 1.54) is 0 Å². The van der Waals surface area contributed by atoms with E-state index in [4.69, 9.17) is 4.52 Å². The van der Waals surface area contributed by atoms with Crippen molar-refractivity contribution in [3.63, 3.8) is 0 Å². The lowest BCUT2D eigenvalue weighted by molar-refractivity contribution is 0.354. The van der Waals surface area contributed by atoms with Crippen LogP contribution >= 0.6 is 11.3 Å². The fraction of sp³-hybridized carbons (Fsp3) is 0.538. The van der Waals surface area contributed by atoms with Crippen molar-refractivity contribution in [2.45, 2.75) is 39.2 Å². The Bertz CT molecular complexity index is 453. The highest BCUT2D eigenvalue weighted by Gasteiger charge is 2.13. The van der Waals surface area contributed by atoms with E-state index in [0.717, 1.165) is 31.4 Å². The molecule has 2 rings (SSSR count). The monoisotopic (exact) mass is 265 g/mol. The zero-order chi connectivity index (χ0) is 12.8. The van der Waals surface area contributed by atoms with Gasteiger partial charge in [0.2, 0.25) is 11.7 Å². The van der Waals surface area contributed by atoms with Gasteiger partial charge in [-0.25, -0.2) is 0 Å². The fourth-order valence-corrected chi connectivity index (χ4v) is 2.40. The molecular weight excluding hydrogens is 246 g/mol. The number of rotatable bonds is 7. The van der Waals surface area contributed by atoms with E-state index in [-0.39, 0.29) is 0 Å². The van der Waals surface area contributed by atoms with Crippen LogP contribution in [0.4, 0.5) is 0 Å². The maximum Gasteiger partial charge on any atom is 0.228 e. The Labute approximate surface area is 111 Å². The first-order chi connectivity index (χ1) is 8.83. The van der Waals surface area contributed by atoms with Crippen LogP contribution in [0.25, 0.3) is 11.4 Å². The van der Waals surface area contributed by atoms with Gasteiger partial charge in [0.05, 0.1) is 0 Å². The summed E-state index contributed by atoms with van der Waals surface area (Å²) in [5.74, 6) is 1.41. The molecule has 2 heterocycles. The third kappa shape index (κ3) is 3.40. The number of hydrogen-bond donors (Lipinski definition) is 1. The Hall–Kier alpha value is -1.20. The molecule has 4 nitrogen and oxygen atoms in total. The van der Waals surface area contributed by atoms with Crippen molar-refractivity contribution in [3.05, 3.63) is 22.7 Å². The maximum atomic E-state index is 5.30. The topological polar surface area (TPSA) is 51.0 Å². The van der Waals surface area contributed by atoms with E-state index in [0.29, 0.717) is 17.8 Å². The van der Waals surface area contributed by atoms with Gasteiger partial charge in [-0.15, -0.1) is 0 Å². The van der Waals surface area contributed by atoms with Crippen molar-refractivity contribution in [2.75, 3.05) is 6.54 Å². The minimum atomic E-state index is 0.417. The van der Waals surface area contributed by atoms with Gasteiger partial charge >= 0.3 is 0 Å². The highest BCUT2D eigenvalue weighted by Crippen LogP contribution is 2.19. The first kappa shape index (κ1) is 13.2. The van der Waals surface area contributed by atoms with Gasteiger partial charge in [-0.3, -0.25) is 0 Å². The van der Waals surface area contributed by atoms with Gasteiger partial charge in [-0.1, -0.05) is 19.0 Å². The lowest BCUT2D eigenvalue weighted by Gasteiger charge is -2.13. The molecule has 0 aliphatic carbocycles. The summed E-state index contributed by atoms with van der Waals surface area (Å²) in [5, 5.41) is 11.6. The van der Waals surface area contributed by atoms with Crippen LogP contribution in [-0.2, 0) is 6.42 Å². The zero-order valence-corrected chi connectivity index (χ0v) is 11.7. The van der Waals surface area contributed by atoms with E-state index in [1.807, 2.05) is 16.8 Å². The van der Waals surface area contributed by atoms with Gasteiger partial charge in [0.1, 0.15) is 0 Å². The molecule has 0 bridgehead atoms. The minimum absolute atomic E-state index is 0.417. The summed E-state index contributed by atoms with van der Waals surface area (Å²) in [5.41, 5.74) is 1.03. The molecule has 0 spiro atoms. The number of nitrogens with one attached hydrogen (secondary N) is 1.